The van der Waals surface area contributed by atoms with Crippen molar-refractivity contribution < 1.29 is 4.79 Å². The van der Waals surface area contributed by atoms with Crippen molar-refractivity contribution in [1.82, 2.24) is 14.7 Å². The lowest BCUT2D eigenvalue weighted by atomic mass is 9.98. The summed E-state index contributed by atoms with van der Waals surface area (Å²) in [7, 11) is 0. The molecule has 1 aliphatic rings. The molecular formula is C19H19N3O2S2. The van der Waals surface area contributed by atoms with Crippen LogP contribution in [0.15, 0.2) is 45.9 Å². The number of hydrogen-bond acceptors (Lipinski definition) is 5. The number of amides is 1. The molecule has 7 heteroatoms. The van der Waals surface area contributed by atoms with Gasteiger partial charge in [-0.3, -0.25) is 9.59 Å². The molecule has 0 saturated heterocycles. The molecule has 0 aromatic carbocycles. The highest BCUT2D eigenvalue weighted by Gasteiger charge is 2.34. The van der Waals surface area contributed by atoms with Crippen LogP contribution in [-0.4, -0.2) is 27.1 Å². The molecule has 1 amide bonds. The van der Waals surface area contributed by atoms with E-state index in [0.29, 0.717) is 18.8 Å². The van der Waals surface area contributed by atoms with E-state index in [4.69, 9.17) is 0 Å². The molecule has 0 N–H and O–H groups in total. The number of fused-ring (bicyclic) bond motifs is 1. The summed E-state index contributed by atoms with van der Waals surface area (Å²) in [6, 6.07) is 9.12. The molecule has 0 saturated carbocycles. The van der Waals surface area contributed by atoms with E-state index in [1.54, 1.807) is 28.7 Å². The van der Waals surface area contributed by atoms with Crippen LogP contribution in [0.5, 0.6) is 0 Å². The van der Waals surface area contributed by atoms with Crippen molar-refractivity contribution in [3.8, 4) is 0 Å². The minimum Gasteiger partial charge on any atom is -0.325 e. The highest BCUT2D eigenvalue weighted by atomic mass is 32.1. The molecule has 134 valence electrons. The van der Waals surface area contributed by atoms with Crippen LogP contribution in [0, 0.1) is 0 Å². The van der Waals surface area contributed by atoms with Gasteiger partial charge in [-0.15, -0.1) is 22.7 Å². The SMILES string of the molecule is CCCn1nc(C(=O)N2CCc3sccc3[C@@H]2c2cccs2)ccc1=O. The number of rotatable bonds is 4. The number of carbonyl (C=O) groups excluding carboxylic acids is 1. The van der Waals surface area contributed by atoms with Crippen LogP contribution in [0.2, 0.25) is 0 Å². The molecule has 3 aromatic rings. The second-order valence-electron chi connectivity index (χ2n) is 6.25. The number of thiophene rings is 2. The first-order valence-electron chi connectivity index (χ1n) is 8.68. The Bertz CT molecular complexity index is 975. The molecule has 0 bridgehead atoms. The minimum atomic E-state index is -0.169. The molecule has 26 heavy (non-hydrogen) atoms. The van der Waals surface area contributed by atoms with Gasteiger partial charge in [0.1, 0.15) is 5.69 Å². The van der Waals surface area contributed by atoms with E-state index >= 15 is 0 Å². The van der Waals surface area contributed by atoms with Gasteiger partial charge in [0.2, 0.25) is 0 Å². The highest BCUT2D eigenvalue weighted by Crippen LogP contribution is 2.39. The van der Waals surface area contributed by atoms with Gasteiger partial charge < -0.3 is 4.90 Å². The summed E-state index contributed by atoms with van der Waals surface area (Å²) in [5.74, 6) is -0.120. The quantitative estimate of drug-likeness (QED) is 0.690. The summed E-state index contributed by atoms with van der Waals surface area (Å²) < 4.78 is 1.38. The van der Waals surface area contributed by atoms with Crippen molar-refractivity contribution in [1.29, 1.82) is 0 Å². The zero-order valence-corrected chi connectivity index (χ0v) is 16.1. The van der Waals surface area contributed by atoms with Crippen molar-refractivity contribution in [3.63, 3.8) is 0 Å². The maximum Gasteiger partial charge on any atom is 0.275 e. The molecule has 3 aromatic heterocycles. The lowest BCUT2D eigenvalue weighted by molar-refractivity contribution is 0.0689. The second kappa shape index (κ2) is 7.17. The van der Waals surface area contributed by atoms with Crippen LogP contribution in [0.4, 0.5) is 0 Å². The van der Waals surface area contributed by atoms with Crippen LogP contribution in [-0.2, 0) is 13.0 Å². The number of carbonyl (C=O) groups is 1. The molecular weight excluding hydrogens is 366 g/mol. The number of nitrogens with zero attached hydrogens (tertiary/aromatic N) is 3. The molecule has 4 heterocycles. The lowest BCUT2D eigenvalue weighted by Crippen LogP contribution is -2.41. The normalized spacial score (nSPS) is 16.5. The third-order valence-electron chi connectivity index (χ3n) is 4.56. The van der Waals surface area contributed by atoms with Gasteiger partial charge in [-0.1, -0.05) is 13.0 Å². The Morgan fingerprint density at radius 2 is 2.12 bits per heavy atom. The van der Waals surface area contributed by atoms with E-state index < -0.39 is 0 Å². The fraction of sp³-hybridized carbons (Fsp3) is 0.316. The molecule has 0 aliphatic carbocycles. The lowest BCUT2D eigenvalue weighted by Gasteiger charge is -2.35. The van der Waals surface area contributed by atoms with Crippen LogP contribution in [0.25, 0.3) is 0 Å². The molecule has 0 fully saturated rings. The highest BCUT2D eigenvalue weighted by molar-refractivity contribution is 7.10. The summed E-state index contributed by atoms with van der Waals surface area (Å²) in [4.78, 5) is 29.6. The minimum absolute atomic E-state index is 0.0779. The zero-order valence-electron chi connectivity index (χ0n) is 14.4. The summed E-state index contributed by atoms with van der Waals surface area (Å²) >= 11 is 3.41. The van der Waals surface area contributed by atoms with Crippen LogP contribution < -0.4 is 5.56 Å². The Morgan fingerprint density at radius 3 is 2.88 bits per heavy atom. The molecule has 1 atom stereocenters. The third-order valence-corrected chi connectivity index (χ3v) is 6.48. The summed E-state index contributed by atoms with van der Waals surface area (Å²) in [5, 5.41) is 8.45. The first-order valence-corrected chi connectivity index (χ1v) is 10.4. The largest absolute Gasteiger partial charge is 0.325 e. The van der Waals surface area contributed by atoms with Crippen molar-refractivity contribution in [2.24, 2.45) is 0 Å². The van der Waals surface area contributed by atoms with E-state index in [9.17, 15) is 9.59 Å². The molecule has 5 nitrogen and oxygen atoms in total. The Hall–Kier alpha value is -2.25. The van der Waals surface area contributed by atoms with Crippen LogP contribution in [0.3, 0.4) is 0 Å². The second-order valence-corrected chi connectivity index (χ2v) is 8.23. The fourth-order valence-electron chi connectivity index (χ4n) is 3.37. The van der Waals surface area contributed by atoms with Gasteiger partial charge in [0.25, 0.3) is 11.5 Å². The van der Waals surface area contributed by atoms with E-state index in [1.165, 1.54) is 21.2 Å². The molecule has 4 rings (SSSR count). The van der Waals surface area contributed by atoms with Gasteiger partial charge in [-0.25, -0.2) is 4.68 Å². The first-order chi connectivity index (χ1) is 12.7. The summed E-state index contributed by atoms with van der Waals surface area (Å²) in [6.07, 6.45) is 1.65. The smallest absolute Gasteiger partial charge is 0.275 e. The summed E-state index contributed by atoms with van der Waals surface area (Å²) in [5.41, 5.74) is 1.37. The molecule has 1 aliphatic heterocycles. The van der Waals surface area contributed by atoms with E-state index in [-0.39, 0.29) is 17.5 Å². The maximum absolute atomic E-state index is 13.3. The third kappa shape index (κ3) is 3.01. The van der Waals surface area contributed by atoms with Gasteiger partial charge in [-0.2, -0.15) is 5.10 Å². The van der Waals surface area contributed by atoms with Crippen molar-refractivity contribution >= 4 is 28.6 Å². The van der Waals surface area contributed by atoms with Crippen molar-refractivity contribution in [3.05, 3.63) is 72.5 Å². The summed E-state index contributed by atoms with van der Waals surface area (Å²) in [6.45, 7) is 3.16. The molecule has 0 unspecified atom stereocenters. The standard InChI is InChI=1S/C19H19N3O2S2/c1-2-9-22-17(23)6-5-14(20-22)19(24)21-10-7-15-13(8-12-26-15)18(21)16-4-3-11-25-16/h3-6,8,11-12,18H,2,7,9-10H2,1H3/t18-/m1/s1. The Labute approximate surface area is 159 Å². The average molecular weight is 386 g/mol. The van der Waals surface area contributed by atoms with Gasteiger partial charge in [-0.05, 0) is 47.4 Å². The van der Waals surface area contributed by atoms with Gasteiger partial charge in [0.05, 0.1) is 6.04 Å². The molecule has 0 radical (unpaired) electrons. The van der Waals surface area contributed by atoms with E-state index in [0.717, 1.165) is 17.7 Å². The molecule has 0 spiro atoms. The Morgan fingerprint density at radius 1 is 1.23 bits per heavy atom. The first kappa shape index (κ1) is 17.2. The van der Waals surface area contributed by atoms with Crippen molar-refractivity contribution in [2.75, 3.05) is 6.54 Å². The van der Waals surface area contributed by atoms with Gasteiger partial charge >= 0.3 is 0 Å². The predicted octanol–water partition coefficient (Wildman–Crippen LogP) is 3.56. The number of aromatic nitrogens is 2. The predicted molar refractivity (Wildman–Crippen MR) is 104 cm³/mol. The number of aryl methyl sites for hydroxylation is 1. The fourth-order valence-corrected chi connectivity index (χ4v) is 5.13. The van der Waals surface area contributed by atoms with Gasteiger partial charge in [0, 0.05) is 28.9 Å². The van der Waals surface area contributed by atoms with Crippen molar-refractivity contribution in [2.45, 2.75) is 32.4 Å². The van der Waals surface area contributed by atoms with E-state index in [1.807, 2.05) is 23.3 Å². The topological polar surface area (TPSA) is 55.2 Å². The zero-order chi connectivity index (χ0) is 18.1. The monoisotopic (exact) mass is 385 g/mol. The average Bonchev–Trinajstić information content (AvgIpc) is 3.34. The number of hydrogen-bond donors (Lipinski definition) is 0. The van der Waals surface area contributed by atoms with Crippen LogP contribution >= 0.6 is 22.7 Å². The maximum atomic E-state index is 13.3. The Kier molecular flexibility index (Phi) is 4.74. The van der Waals surface area contributed by atoms with Gasteiger partial charge in [0.15, 0.2) is 0 Å². The van der Waals surface area contributed by atoms with E-state index in [2.05, 4.69) is 22.6 Å². The Balaban J connectivity index is 1.73. The van der Waals surface area contributed by atoms with Crippen LogP contribution in [0.1, 0.15) is 45.2 Å².